The second-order valence-corrected chi connectivity index (χ2v) is 7.68. The maximum Gasteiger partial charge on any atom is 0.416 e. The maximum atomic E-state index is 13.1. The van der Waals surface area contributed by atoms with Crippen LogP contribution in [0.5, 0.6) is 0 Å². The number of halogens is 3. The van der Waals surface area contributed by atoms with Crippen molar-refractivity contribution in [2.75, 3.05) is 13.1 Å². The van der Waals surface area contributed by atoms with E-state index in [0.29, 0.717) is 17.2 Å². The van der Waals surface area contributed by atoms with Crippen LogP contribution in [-0.4, -0.2) is 33.7 Å². The van der Waals surface area contributed by atoms with E-state index in [0.717, 1.165) is 56.6 Å². The summed E-state index contributed by atoms with van der Waals surface area (Å²) < 4.78 is 40.8. The third-order valence-electron chi connectivity index (χ3n) is 5.36. The average Bonchev–Trinajstić information content (AvgIpc) is 3.38. The highest BCUT2D eigenvalue weighted by Gasteiger charge is 2.36. The van der Waals surface area contributed by atoms with Gasteiger partial charge in [-0.1, -0.05) is 13.0 Å². The minimum absolute atomic E-state index is 0.0540. The summed E-state index contributed by atoms with van der Waals surface area (Å²) in [5.41, 5.74) is 0.911. The van der Waals surface area contributed by atoms with Crippen LogP contribution in [-0.2, 0) is 6.18 Å². The number of likely N-dealkylation sites (tertiary alicyclic amines) is 1. The first-order valence-corrected chi connectivity index (χ1v) is 9.39. The Morgan fingerprint density at radius 1 is 1.22 bits per heavy atom. The third-order valence-corrected chi connectivity index (χ3v) is 5.36. The van der Waals surface area contributed by atoms with Crippen molar-refractivity contribution in [2.24, 2.45) is 5.92 Å². The van der Waals surface area contributed by atoms with Gasteiger partial charge >= 0.3 is 6.18 Å². The van der Waals surface area contributed by atoms with Crippen LogP contribution in [0.2, 0.25) is 0 Å². The lowest BCUT2D eigenvalue weighted by Gasteiger charge is -2.31. The molecule has 1 amide bonds. The van der Waals surface area contributed by atoms with Crippen molar-refractivity contribution in [3.8, 4) is 5.69 Å². The van der Waals surface area contributed by atoms with Gasteiger partial charge in [-0.05, 0) is 49.8 Å². The zero-order valence-corrected chi connectivity index (χ0v) is 15.2. The monoisotopic (exact) mass is 377 g/mol. The number of aromatic nitrogens is 2. The van der Waals surface area contributed by atoms with Crippen molar-refractivity contribution in [3.63, 3.8) is 0 Å². The van der Waals surface area contributed by atoms with Gasteiger partial charge in [-0.15, -0.1) is 0 Å². The molecule has 2 aromatic rings. The molecule has 1 aromatic heterocycles. The molecule has 1 unspecified atom stereocenters. The van der Waals surface area contributed by atoms with Crippen LogP contribution in [0, 0.1) is 5.92 Å². The predicted octanol–water partition coefficient (Wildman–Crippen LogP) is 4.64. The van der Waals surface area contributed by atoms with Crippen molar-refractivity contribution in [3.05, 3.63) is 47.3 Å². The maximum absolute atomic E-state index is 13.1. The fraction of sp³-hybridized carbons (Fsp3) is 0.500. The molecule has 2 fully saturated rings. The molecule has 0 N–H and O–H groups in total. The molecule has 4 nitrogen and oxygen atoms in total. The van der Waals surface area contributed by atoms with Gasteiger partial charge in [0.1, 0.15) is 0 Å². The number of rotatable bonds is 3. The molecule has 1 saturated carbocycles. The van der Waals surface area contributed by atoms with Gasteiger partial charge in [0.15, 0.2) is 0 Å². The van der Waals surface area contributed by atoms with Crippen LogP contribution < -0.4 is 0 Å². The molecule has 4 rings (SSSR count). The number of alkyl halides is 3. The van der Waals surface area contributed by atoms with Gasteiger partial charge in [-0.25, -0.2) is 4.68 Å². The summed E-state index contributed by atoms with van der Waals surface area (Å²) in [6, 6.07) is 5.12. The number of benzene rings is 1. The topological polar surface area (TPSA) is 38.1 Å². The number of hydrogen-bond donors (Lipinski definition) is 0. The lowest BCUT2D eigenvalue weighted by molar-refractivity contribution is -0.137. The molecule has 1 saturated heterocycles. The summed E-state index contributed by atoms with van der Waals surface area (Å²) in [5.74, 6) is 0.593. The zero-order valence-electron chi connectivity index (χ0n) is 15.2. The van der Waals surface area contributed by atoms with E-state index in [1.54, 1.807) is 6.07 Å². The zero-order chi connectivity index (χ0) is 19.2. The molecule has 0 bridgehead atoms. The molecule has 1 atom stereocenters. The Bertz CT molecular complexity index is 854. The molecule has 1 aromatic carbocycles. The smallest absolute Gasteiger partial charge is 0.338 e. The van der Waals surface area contributed by atoms with Crippen molar-refractivity contribution in [2.45, 2.75) is 44.7 Å². The van der Waals surface area contributed by atoms with E-state index in [4.69, 9.17) is 0 Å². The molecule has 7 heteroatoms. The summed E-state index contributed by atoms with van der Waals surface area (Å²) in [5, 5.41) is 4.31. The Labute approximate surface area is 156 Å². The average molecular weight is 377 g/mol. The molecule has 0 spiro atoms. The van der Waals surface area contributed by atoms with Crippen LogP contribution in [0.4, 0.5) is 13.2 Å². The van der Waals surface area contributed by atoms with Crippen LogP contribution in [0.25, 0.3) is 5.69 Å². The second kappa shape index (κ2) is 6.69. The predicted molar refractivity (Wildman–Crippen MR) is 94.8 cm³/mol. The molecular weight excluding hydrogens is 355 g/mol. The highest BCUT2D eigenvalue weighted by molar-refractivity contribution is 5.95. The van der Waals surface area contributed by atoms with Gasteiger partial charge in [0, 0.05) is 19.0 Å². The van der Waals surface area contributed by atoms with E-state index in [1.165, 1.54) is 16.9 Å². The lowest BCUT2D eigenvalue weighted by atomic mass is 9.99. The molecule has 1 aliphatic carbocycles. The molecule has 27 heavy (non-hydrogen) atoms. The normalized spacial score (nSPS) is 20.7. The SMILES string of the molecule is CC1CCCN(C(=O)c2cnn(-c3cccc(C(F)(F)F)c3)c2C2CC2)C1. The molecular formula is C20H22F3N3O. The van der Waals surface area contributed by atoms with Gasteiger partial charge in [-0.3, -0.25) is 4.79 Å². The van der Waals surface area contributed by atoms with Gasteiger partial charge in [0.25, 0.3) is 5.91 Å². The van der Waals surface area contributed by atoms with E-state index < -0.39 is 11.7 Å². The number of nitrogens with zero attached hydrogens (tertiary/aromatic N) is 3. The van der Waals surface area contributed by atoms with Crippen LogP contribution >= 0.6 is 0 Å². The van der Waals surface area contributed by atoms with E-state index in [-0.39, 0.29) is 11.8 Å². The Morgan fingerprint density at radius 3 is 2.67 bits per heavy atom. The summed E-state index contributed by atoms with van der Waals surface area (Å²) >= 11 is 0. The van der Waals surface area contributed by atoms with Crippen molar-refractivity contribution >= 4 is 5.91 Å². The highest BCUT2D eigenvalue weighted by Crippen LogP contribution is 2.43. The first-order valence-electron chi connectivity index (χ1n) is 9.39. The summed E-state index contributed by atoms with van der Waals surface area (Å²) in [6.45, 7) is 3.58. The van der Waals surface area contributed by atoms with Crippen LogP contribution in [0.15, 0.2) is 30.5 Å². The molecule has 1 aliphatic heterocycles. The second-order valence-electron chi connectivity index (χ2n) is 7.68. The van der Waals surface area contributed by atoms with E-state index in [1.807, 2.05) is 4.90 Å². The number of carbonyl (C=O) groups excluding carboxylic acids is 1. The Hall–Kier alpha value is -2.31. The van der Waals surface area contributed by atoms with Gasteiger partial charge in [0.05, 0.1) is 28.7 Å². The summed E-state index contributed by atoms with van der Waals surface area (Å²) in [7, 11) is 0. The van der Waals surface area contributed by atoms with Crippen LogP contribution in [0.3, 0.4) is 0 Å². The van der Waals surface area contributed by atoms with Gasteiger partial charge < -0.3 is 4.90 Å². The molecule has 2 aliphatic rings. The van der Waals surface area contributed by atoms with E-state index >= 15 is 0 Å². The third kappa shape index (κ3) is 3.59. The van der Waals surface area contributed by atoms with E-state index in [9.17, 15) is 18.0 Å². The number of carbonyl (C=O) groups is 1. The van der Waals surface area contributed by atoms with Crippen LogP contribution in [0.1, 0.15) is 60.1 Å². The molecule has 2 heterocycles. The fourth-order valence-electron chi connectivity index (χ4n) is 3.84. The fourth-order valence-corrected chi connectivity index (χ4v) is 3.84. The number of piperidine rings is 1. The molecule has 144 valence electrons. The lowest BCUT2D eigenvalue weighted by Crippen LogP contribution is -2.39. The minimum atomic E-state index is -4.41. The Balaban J connectivity index is 1.71. The summed E-state index contributed by atoms with van der Waals surface area (Å²) in [6.07, 6.45) is 1.07. The number of amides is 1. The quantitative estimate of drug-likeness (QED) is 0.782. The van der Waals surface area contributed by atoms with Crippen molar-refractivity contribution < 1.29 is 18.0 Å². The van der Waals surface area contributed by atoms with Gasteiger partial charge in [-0.2, -0.15) is 18.3 Å². The highest BCUT2D eigenvalue weighted by atomic mass is 19.4. The van der Waals surface area contributed by atoms with Crippen molar-refractivity contribution in [1.82, 2.24) is 14.7 Å². The van der Waals surface area contributed by atoms with Gasteiger partial charge in [0.2, 0.25) is 0 Å². The van der Waals surface area contributed by atoms with E-state index in [2.05, 4.69) is 12.0 Å². The Morgan fingerprint density at radius 2 is 2.00 bits per heavy atom. The number of hydrogen-bond acceptors (Lipinski definition) is 2. The van der Waals surface area contributed by atoms with Crippen molar-refractivity contribution in [1.29, 1.82) is 0 Å². The largest absolute Gasteiger partial charge is 0.416 e. The standard InChI is InChI=1S/C20H22F3N3O/c1-13-4-3-9-25(12-13)19(27)17-11-24-26(18(17)14-7-8-14)16-6-2-5-15(10-16)20(21,22)23/h2,5-6,10-11,13-14H,3-4,7-9,12H2,1H3. The first kappa shape index (κ1) is 18.1. The minimum Gasteiger partial charge on any atom is -0.338 e. The molecule has 0 radical (unpaired) electrons. The Kier molecular flexibility index (Phi) is 4.48. The first-order chi connectivity index (χ1) is 12.8. The summed E-state index contributed by atoms with van der Waals surface area (Å²) in [4.78, 5) is 14.9.